The minimum Gasteiger partial charge on any atom is -0.305 e. The highest BCUT2D eigenvalue weighted by Gasteiger charge is 2.30. The lowest BCUT2D eigenvalue weighted by molar-refractivity contribution is -0.121. The van der Waals surface area contributed by atoms with Gasteiger partial charge in [0.05, 0.1) is 17.8 Å². The molecule has 5 nitrogen and oxygen atoms in total. The van der Waals surface area contributed by atoms with E-state index in [0.29, 0.717) is 16.5 Å². The lowest BCUT2D eigenvalue weighted by atomic mass is 9.91. The number of hydrogen-bond donors (Lipinski definition) is 0. The Labute approximate surface area is 195 Å². The van der Waals surface area contributed by atoms with E-state index in [1.807, 2.05) is 14.0 Å². The van der Waals surface area contributed by atoms with Crippen LogP contribution in [-0.2, 0) is 4.79 Å². The van der Waals surface area contributed by atoms with Gasteiger partial charge in [-0.05, 0) is 38.3 Å². The Morgan fingerprint density at radius 3 is 2.84 bits per heavy atom. The molecule has 2 aromatic rings. The molecule has 7 heteroatoms. The molecule has 0 radical (unpaired) electrons. The van der Waals surface area contributed by atoms with Gasteiger partial charge in [-0.15, -0.1) is 0 Å². The van der Waals surface area contributed by atoms with Gasteiger partial charge < -0.3 is 4.90 Å². The fourth-order valence-corrected chi connectivity index (χ4v) is 5.16. The molecule has 2 aromatic heterocycles. The molecular weight excluding hydrogens is 423 g/mol. The largest absolute Gasteiger partial charge is 0.305 e. The monoisotopic (exact) mass is 458 g/mol. The highest BCUT2D eigenvalue weighted by Crippen LogP contribution is 2.35. The van der Waals surface area contributed by atoms with Crippen molar-refractivity contribution in [1.29, 1.82) is 0 Å². The van der Waals surface area contributed by atoms with Crippen LogP contribution in [0, 0.1) is 24.6 Å². The summed E-state index contributed by atoms with van der Waals surface area (Å²) in [5, 5.41) is 1.47. The van der Waals surface area contributed by atoms with E-state index in [-0.39, 0.29) is 11.8 Å². The number of unbranched alkanes of at least 4 members (excludes halogenated alkanes) is 1. The number of rotatable bonds is 9. The summed E-state index contributed by atoms with van der Waals surface area (Å²) in [5.74, 6) is 0.149. The van der Waals surface area contributed by atoms with Crippen molar-refractivity contribution >= 4 is 22.2 Å². The summed E-state index contributed by atoms with van der Waals surface area (Å²) >= 11 is 1.40. The molecule has 0 N–H and O–H groups in total. The SMILES string of the molecule is CCCCN1CC(CC(C)CC)=CC(C(=O)N(C)c2sc(-c3cncc(F)c3)nc2C)C1. The van der Waals surface area contributed by atoms with E-state index < -0.39 is 5.82 Å². The molecule has 0 saturated heterocycles. The number of amides is 1. The van der Waals surface area contributed by atoms with Crippen molar-refractivity contribution in [2.45, 2.75) is 53.4 Å². The average molecular weight is 459 g/mol. The number of thiazole rings is 1. The van der Waals surface area contributed by atoms with E-state index in [1.165, 1.54) is 29.2 Å². The Kier molecular flexibility index (Phi) is 8.54. The average Bonchev–Trinajstić information content (AvgIpc) is 3.18. The van der Waals surface area contributed by atoms with Crippen LogP contribution in [0.25, 0.3) is 10.6 Å². The van der Waals surface area contributed by atoms with E-state index in [0.717, 1.165) is 56.0 Å². The second-order valence-corrected chi connectivity index (χ2v) is 9.91. The second-order valence-electron chi connectivity index (χ2n) is 8.94. The van der Waals surface area contributed by atoms with E-state index in [2.05, 4.69) is 41.7 Å². The van der Waals surface area contributed by atoms with E-state index in [4.69, 9.17) is 0 Å². The number of carbonyl (C=O) groups is 1. The van der Waals surface area contributed by atoms with Gasteiger partial charge in [-0.2, -0.15) is 0 Å². The zero-order valence-electron chi connectivity index (χ0n) is 19.9. The lowest BCUT2D eigenvalue weighted by Gasteiger charge is -2.34. The molecule has 1 aliphatic rings. The number of halogens is 1. The van der Waals surface area contributed by atoms with Crippen LogP contribution in [0.4, 0.5) is 9.39 Å². The highest BCUT2D eigenvalue weighted by molar-refractivity contribution is 7.19. The summed E-state index contributed by atoms with van der Waals surface area (Å²) in [6.07, 6.45) is 9.47. The van der Waals surface area contributed by atoms with Crippen LogP contribution >= 0.6 is 11.3 Å². The number of carbonyl (C=O) groups excluding carboxylic acids is 1. The van der Waals surface area contributed by atoms with Crippen LogP contribution in [0.3, 0.4) is 0 Å². The Morgan fingerprint density at radius 2 is 2.16 bits per heavy atom. The fourth-order valence-electron chi connectivity index (χ4n) is 4.15. The predicted molar refractivity (Wildman–Crippen MR) is 130 cm³/mol. The number of aromatic nitrogens is 2. The molecule has 0 saturated carbocycles. The first-order valence-electron chi connectivity index (χ1n) is 11.6. The summed E-state index contributed by atoms with van der Waals surface area (Å²) in [5.41, 5.74) is 2.78. The maximum Gasteiger partial charge on any atom is 0.235 e. The Hall–Kier alpha value is -2.12. The third-order valence-corrected chi connectivity index (χ3v) is 7.41. The fraction of sp³-hybridized carbons (Fsp3) is 0.560. The summed E-state index contributed by atoms with van der Waals surface area (Å²) < 4.78 is 13.6. The van der Waals surface area contributed by atoms with Gasteiger partial charge in [-0.3, -0.25) is 14.7 Å². The smallest absolute Gasteiger partial charge is 0.235 e. The topological polar surface area (TPSA) is 49.3 Å². The van der Waals surface area contributed by atoms with Gasteiger partial charge in [0.15, 0.2) is 0 Å². The van der Waals surface area contributed by atoms with Gasteiger partial charge in [0, 0.05) is 31.9 Å². The molecule has 2 atom stereocenters. The Bertz CT molecular complexity index is 957. The van der Waals surface area contributed by atoms with Crippen molar-refractivity contribution in [2.24, 2.45) is 11.8 Å². The summed E-state index contributed by atoms with van der Waals surface area (Å²) in [7, 11) is 1.82. The van der Waals surface area contributed by atoms with Crippen LogP contribution < -0.4 is 4.90 Å². The van der Waals surface area contributed by atoms with Crippen LogP contribution in [0.15, 0.2) is 30.1 Å². The Morgan fingerprint density at radius 1 is 1.38 bits per heavy atom. The lowest BCUT2D eigenvalue weighted by Crippen LogP contribution is -2.43. The van der Waals surface area contributed by atoms with Crippen molar-refractivity contribution in [2.75, 3.05) is 31.6 Å². The zero-order valence-corrected chi connectivity index (χ0v) is 20.7. The van der Waals surface area contributed by atoms with Crippen LogP contribution in [-0.4, -0.2) is 47.5 Å². The van der Waals surface area contributed by atoms with Gasteiger partial charge in [0.25, 0.3) is 0 Å². The van der Waals surface area contributed by atoms with Gasteiger partial charge in [-0.1, -0.05) is 56.6 Å². The van der Waals surface area contributed by atoms with Crippen molar-refractivity contribution in [3.8, 4) is 10.6 Å². The molecule has 1 amide bonds. The molecule has 32 heavy (non-hydrogen) atoms. The molecule has 0 bridgehead atoms. The number of hydrogen-bond acceptors (Lipinski definition) is 5. The van der Waals surface area contributed by atoms with Crippen LogP contribution in [0.2, 0.25) is 0 Å². The minimum absolute atomic E-state index is 0.0866. The third-order valence-electron chi connectivity index (χ3n) is 6.13. The molecule has 0 spiro atoms. The van der Waals surface area contributed by atoms with Crippen molar-refractivity contribution in [1.82, 2.24) is 14.9 Å². The van der Waals surface area contributed by atoms with E-state index in [9.17, 15) is 9.18 Å². The zero-order chi connectivity index (χ0) is 23.3. The van der Waals surface area contributed by atoms with E-state index >= 15 is 0 Å². The maximum atomic E-state index is 13.6. The molecule has 174 valence electrons. The molecule has 1 aliphatic heterocycles. The van der Waals surface area contributed by atoms with Crippen LogP contribution in [0.5, 0.6) is 0 Å². The second kappa shape index (κ2) is 11.1. The van der Waals surface area contributed by atoms with Gasteiger partial charge in [-0.25, -0.2) is 9.37 Å². The first-order valence-corrected chi connectivity index (χ1v) is 12.4. The number of aryl methyl sites for hydroxylation is 1. The summed E-state index contributed by atoms with van der Waals surface area (Å²) in [6.45, 7) is 11.3. The Balaban J connectivity index is 1.82. The highest BCUT2D eigenvalue weighted by atomic mass is 32.1. The van der Waals surface area contributed by atoms with Gasteiger partial charge >= 0.3 is 0 Å². The van der Waals surface area contributed by atoms with Crippen LogP contribution in [0.1, 0.15) is 52.1 Å². The quantitative estimate of drug-likeness (QED) is 0.452. The molecule has 3 rings (SSSR count). The molecular formula is C25H35FN4OS. The van der Waals surface area contributed by atoms with Gasteiger partial charge in [0.2, 0.25) is 5.91 Å². The molecule has 0 aliphatic carbocycles. The minimum atomic E-state index is -0.394. The predicted octanol–water partition coefficient (Wildman–Crippen LogP) is 5.71. The maximum absolute atomic E-state index is 13.6. The number of pyridine rings is 1. The standard InChI is InChI=1S/C25H35FN4OS/c1-6-8-9-30-15-19(10-17(3)7-2)11-21(16-30)24(31)29(5)25-18(4)28-23(32-25)20-12-22(26)14-27-13-20/h11-14,17,21H,6-10,15-16H2,1-5H3. The number of anilines is 1. The molecule has 0 aromatic carbocycles. The molecule has 0 fully saturated rings. The normalized spacial score (nSPS) is 17.8. The first-order chi connectivity index (χ1) is 15.3. The van der Waals surface area contributed by atoms with Gasteiger partial charge in [0.1, 0.15) is 15.8 Å². The number of nitrogens with zero attached hydrogens (tertiary/aromatic N) is 4. The summed E-state index contributed by atoms with van der Waals surface area (Å²) in [4.78, 5) is 26.2. The van der Waals surface area contributed by atoms with Crippen molar-refractivity contribution in [3.05, 3.63) is 41.6 Å². The first kappa shape index (κ1) is 24.5. The third kappa shape index (κ3) is 6.01. The van der Waals surface area contributed by atoms with Crippen molar-refractivity contribution < 1.29 is 9.18 Å². The molecule has 2 unspecified atom stereocenters. The van der Waals surface area contributed by atoms with E-state index in [1.54, 1.807) is 11.1 Å². The summed E-state index contributed by atoms with van der Waals surface area (Å²) in [6, 6.07) is 1.42. The molecule has 3 heterocycles. The van der Waals surface area contributed by atoms with Crippen molar-refractivity contribution in [3.63, 3.8) is 0 Å².